The summed E-state index contributed by atoms with van der Waals surface area (Å²) in [5, 5.41) is 19.4. The first-order chi connectivity index (χ1) is 17.1. The molecule has 0 spiro atoms. The van der Waals surface area contributed by atoms with Crippen molar-refractivity contribution >= 4 is 21.9 Å². The van der Waals surface area contributed by atoms with E-state index in [2.05, 4.69) is 20.3 Å². The molecule has 0 aliphatic carbocycles. The van der Waals surface area contributed by atoms with Crippen molar-refractivity contribution in [2.24, 2.45) is 7.05 Å². The number of aryl methyl sites for hydroxylation is 2. The third-order valence-corrected chi connectivity index (χ3v) is 6.66. The summed E-state index contributed by atoms with van der Waals surface area (Å²) in [5.41, 5.74) is 3.19. The molecule has 5 aromatic rings. The second-order valence-electron chi connectivity index (χ2n) is 9.69. The molecule has 36 heavy (non-hydrogen) atoms. The first-order valence-electron chi connectivity index (χ1n) is 11.9. The Hall–Kier alpha value is -3.72. The number of hydrogen-bond acceptors (Lipinski definition) is 5. The van der Waals surface area contributed by atoms with E-state index < -0.39 is 23.3 Å². The SMILES string of the molecule is CCC[C@@H](c1ncccc1F)n1c2cc(-c3c(C)nnn3C)c(F)cc2c2ncc(C(C)(C)O)cc21. The Kier molecular flexibility index (Phi) is 5.83. The van der Waals surface area contributed by atoms with Crippen LogP contribution in [-0.4, -0.2) is 34.6 Å². The molecule has 0 radical (unpaired) electrons. The van der Waals surface area contributed by atoms with Gasteiger partial charge in [-0.25, -0.2) is 13.5 Å². The predicted octanol–water partition coefficient (Wildman–Crippen LogP) is 5.58. The van der Waals surface area contributed by atoms with Gasteiger partial charge >= 0.3 is 0 Å². The molecule has 5 rings (SSSR count). The Morgan fingerprint density at radius 3 is 2.50 bits per heavy atom. The summed E-state index contributed by atoms with van der Waals surface area (Å²) in [6.07, 6.45) is 4.53. The zero-order chi connectivity index (χ0) is 25.8. The topological polar surface area (TPSA) is 81.7 Å². The lowest BCUT2D eigenvalue weighted by molar-refractivity contribution is 0.0784. The van der Waals surface area contributed by atoms with Crippen molar-refractivity contribution in [1.82, 2.24) is 29.5 Å². The number of rotatable bonds is 6. The monoisotopic (exact) mass is 490 g/mol. The lowest BCUT2D eigenvalue weighted by Crippen LogP contribution is -2.17. The summed E-state index contributed by atoms with van der Waals surface area (Å²) in [4.78, 5) is 9.02. The summed E-state index contributed by atoms with van der Waals surface area (Å²) < 4.78 is 34.2. The van der Waals surface area contributed by atoms with Gasteiger partial charge in [-0.15, -0.1) is 5.10 Å². The molecule has 1 N–H and O–H groups in total. The zero-order valence-electron chi connectivity index (χ0n) is 20.9. The van der Waals surface area contributed by atoms with E-state index in [1.54, 1.807) is 57.0 Å². The smallest absolute Gasteiger partial charge is 0.146 e. The average Bonchev–Trinajstić information content (AvgIpc) is 3.32. The van der Waals surface area contributed by atoms with Crippen LogP contribution in [0.4, 0.5) is 8.78 Å². The summed E-state index contributed by atoms with van der Waals surface area (Å²) in [7, 11) is 1.72. The maximum atomic E-state index is 15.6. The van der Waals surface area contributed by atoms with Gasteiger partial charge < -0.3 is 9.67 Å². The molecule has 7 nitrogen and oxygen atoms in total. The van der Waals surface area contributed by atoms with Crippen LogP contribution in [0.2, 0.25) is 0 Å². The van der Waals surface area contributed by atoms with Crippen molar-refractivity contribution in [2.75, 3.05) is 0 Å². The Balaban J connectivity index is 1.92. The lowest BCUT2D eigenvalue weighted by atomic mass is 10.00. The van der Waals surface area contributed by atoms with E-state index in [-0.39, 0.29) is 0 Å². The molecule has 0 amide bonds. The minimum Gasteiger partial charge on any atom is -0.386 e. The van der Waals surface area contributed by atoms with E-state index in [1.165, 1.54) is 12.1 Å². The second kappa shape index (κ2) is 8.74. The highest BCUT2D eigenvalue weighted by Gasteiger charge is 2.27. The minimum atomic E-state index is -1.15. The molecule has 186 valence electrons. The standard InChI is InChI=1S/C27H28F2N6O/c1-6-8-21(25-19(28)9-7-10-30-25)35-22-13-17(26-15(2)32-33-34(26)5)20(29)12-18(22)24-23(35)11-16(14-31-24)27(3,4)36/h7,9-14,21,36H,6,8H2,1-5H3/t21-/m0/s1. The van der Waals surface area contributed by atoms with Gasteiger partial charge in [0.1, 0.15) is 11.6 Å². The Morgan fingerprint density at radius 1 is 1.08 bits per heavy atom. The van der Waals surface area contributed by atoms with Gasteiger partial charge in [-0.1, -0.05) is 18.6 Å². The van der Waals surface area contributed by atoms with Crippen LogP contribution in [0.5, 0.6) is 0 Å². The number of aromatic nitrogens is 6. The molecule has 4 heterocycles. The van der Waals surface area contributed by atoms with Crippen molar-refractivity contribution in [3.63, 3.8) is 0 Å². The van der Waals surface area contributed by atoms with E-state index in [0.717, 1.165) is 6.42 Å². The minimum absolute atomic E-state index is 0.302. The molecule has 0 fully saturated rings. The number of fused-ring (bicyclic) bond motifs is 3. The van der Waals surface area contributed by atoms with Crippen LogP contribution < -0.4 is 0 Å². The second-order valence-corrected chi connectivity index (χ2v) is 9.69. The Morgan fingerprint density at radius 2 is 1.86 bits per heavy atom. The summed E-state index contributed by atoms with van der Waals surface area (Å²) in [6.45, 7) is 7.17. The molecular formula is C27H28F2N6O. The van der Waals surface area contributed by atoms with E-state index in [4.69, 9.17) is 0 Å². The molecule has 1 atom stereocenters. The fourth-order valence-corrected chi connectivity index (χ4v) is 4.91. The molecule has 9 heteroatoms. The molecule has 1 aromatic carbocycles. The number of nitrogens with zero attached hydrogens (tertiary/aromatic N) is 6. The summed E-state index contributed by atoms with van der Waals surface area (Å²) in [6, 6.07) is 7.55. The van der Waals surface area contributed by atoms with Gasteiger partial charge in [0.2, 0.25) is 0 Å². The summed E-state index contributed by atoms with van der Waals surface area (Å²) in [5.74, 6) is -0.842. The predicted molar refractivity (Wildman–Crippen MR) is 134 cm³/mol. The van der Waals surface area contributed by atoms with Gasteiger partial charge in [-0.2, -0.15) is 0 Å². The van der Waals surface area contributed by atoms with Gasteiger partial charge in [0, 0.05) is 36.0 Å². The van der Waals surface area contributed by atoms with Crippen molar-refractivity contribution in [1.29, 1.82) is 0 Å². The first kappa shape index (κ1) is 24.0. The lowest BCUT2D eigenvalue weighted by Gasteiger charge is -2.22. The largest absolute Gasteiger partial charge is 0.386 e. The van der Waals surface area contributed by atoms with Gasteiger partial charge in [0.25, 0.3) is 0 Å². The average molecular weight is 491 g/mol. The molecule has 0 aliphatic rings. The fraction of sp³-hybridized carbons (Fsp3) is 0.333. The van der Waals surface area contributed by atoms with Crippen LogP contribution >= 0.6 is 0 Å². The Labute approximate surface area is 207 Å². The van der Waals surface area contributed by atoms with Crippen LogP contribution in [0.3, 0.4) is 0 Å². The molecule has 4 aromatic heterocycles. The zero-order valence-corrected chi connectivity index (χ0v) is 20.9. The van der Waals surface area contributed by atoms with Crippen LogP contribution in [0.25, 0.3) is 33.2 Å². The van der Waals surface area contributed by atoms with Crippen LogP contribution in [0.15, 0.2) is 42.7 Å². The van der Waals surface area contributed by atoms with Crippen molar-refractivity contribution in [2.45, 2.75) is 52.2 Å². The number of hydrogen-bond donors (Lipinski definition) is 1. The molecule has 0 saturated heterocycles. The normalized spacial score (nSPS) is 13.1. The van der Waals surface area contributed by atoms with Crippen molar-refractivity contribution in [3.8, 4) is 11.3 Å². The number of pyridine rings is 2. The van der Waals surface area contributed by atoms with E-state index in [0.29, 0.717) is 56.6 Å². The first-order valence-corrected chi connectivity index (χ1v) is 11.9. The van der Waals surface area contributed by atoms with Crippen molar-refractivity contribution < 1.29 is 13.9 Å². The van der Waals surface area contributed by atoms with Crippen LogP contribution in [0, 0.1) is 18.6 Å². The van der Waals surface area contributed by atoms with Gasteiger partial charge in [0.05, 0.1) is 45.3 Å². The van der Waals surface area contributed by atoms with Crippen molar-refractivity contribution in [3.05, 3.63) is 71.3 Å². The number of halogens is 2. The van der Waals surface area contributed by atoms with Gasteiger partial charge in [-0.05, 0) is 57.5 Å². The molecular weight excluding hydrogens is 462 g/mol. The maximum Gasteiger partial charge on any atom is 0.146 e. The van der Waals surface area contributed by atoms with E-state index >= 15 is 8.78 Å². The van der Waals surface area contributed by atoms with Gasteiger partial charge in [0.15, 0.2) is 0 Å². The maximum absolute atomic E-state index is 15.6. The van der Waals surface area contributed by atoms with E-state index in [9.17, 15) is 5.11 Å². The quantitative estimate of drug-likeness (QED) is 0.336. The number of aliphatic hydroxyl groups is 1. The van der Waals surface area contributed by atoms with Crippen LogP contribution in [0.1, 0.15) is 56.6 Å². The summed E-state index contributed by atoms with van der Waals surface area (Å²) >= 11 is 0. The highest BCUT2D eigenvalue weighted by molar-refractivity contribution is 6.07. The molecule has 0 bridgehead atoms. The third-order valence-electron chi connectivity index (χ3n) is 6.66. The van der Waals surface area contributed by atoms with E-state index in [1.807, 2.05) is 17.6 Å². The Bertz CT molecular complexity index is 1580. The molecule has 0 unspecified atom stereocenters. The highest BCUT2D eigenvalue weighted by Crippen LogP contribution is 2.39. The fourth-order valence-electron chi connectivity index (χ4n) is 4.91. The highest BCUT2D eigenvalue weighted by atomic mass is 19.1. The molecule has 0 saturated carbocycles. The van der Waals surface area contributed by atoms with Crippen LogP contribution in [-0.2, 0) is 12.6 Å². The molecule has 0 aliphatic heterocycles. The van der Waals surface area contributed by atoms with Gasteiger partial charge in [-0.3, -0.25) is 9.97 Å². The third kappa shape index (κ3) is 3.83. The number of benzene rings is 1.